The predicted octanol–water partition coefficient (Wildman–Crippen LogP) is 3.50. The number of pyridine rings is 1. The standard InChI is InChI=1S/C20H13N3O7S2/c1-12-4-6-15(10-16(12)23(26)27)32(28,29)22(19(24)13-3-2-8-21-11-13)14-5-7-17-18(9-14)31-20(25)30-17/h2-11H,1H3. The summed E-state index contributed by atoms with van der Waals surface area (Å²) < 4.78 is 33.0. The molecule has 0 atom stereocenters. The average molecular weight is 471 g/mol. The van der Waals surface area contributed by atoms with Crippen LogP contribution in [0.5, 0.6) is 0 Å². The van der Waals surface area contributed by atoms with Crippen LogP contribution in [-0.2, 0) is 10.0 Å². The summed E-state index contributed by atoms with van der Waals surface area (Å²) in [5.74, 6) is -0.920. The molecular weight excluding hydrogens is 458 g/mol. The maximum atomic E-state index is 13.6. The summed E-state index contributed by atoms with van der Waals surface area (Å²) in [5, 5.41) is 11.3. The SMILES string of the molecule is Cc1ccc(S(=O)(=O)N(C(=O)c2cccnc2)c2ccc3oc(=O)sc3c2)cc1[N+](=O)[O-]. The third-order valence-corrected chi connectivity index (χ3v) is 7.05. The molecule has 2 aromatic heterocycles. The smallest absolute Gasteiger partial charge is 0.396 e. The Bertz CT molecular complexity index is 1530. The third kappa shape index (κ3) is 3.76. The molecular formula is C20H13N3O7S2. The molecule has 0 aliphatic carbocycles. The van der Waals surface area contributed by atoms with Gasteiger partial charge in [0.05, 0.1) is 25.8 Å². The van der Waals surface area contributed by atoms with Crippen LogP contribution < -0.4 is 9.24 Å². The molecule has 2 aromatic carbocycles. The van der Waals surface area contributed by atoms with E-state index < -0.39 is 36.4 Å². The normalized spacial score (nSPS) is 11.4. The molecule has 4 rings (SSSR count). The molecule has 32 heavy (non-hydrogen) atoms. The number of amides is 1. The molecule has 0 saturated carbocycles. The number of carbonyl (C=O) groups excluding carboxylic acids is 1. The number of nitrogens with zero attached hydrogens (tertiary/aromatic N) is 3. The molecule has 0 aliphatic rings. The van der Waals surface area contributed by atoms with Crippen molar-refractivity contribution in [3.05, 3.63) is 91.9 Å². The highest BCUT2D eigenvalue weighted by atomic mass is 32.2. The van der Waals surface area contributed by atoms with Crippen LogP contribution in [0.3, 0.4) is 0 Å². The molecule has 4 aromatic rings. The monoisotopic (exact) mass is 471 g/mol. The van der Waals surface area contributed by atoms with Crippen molar-refractivity contribution in [1.29, 1.82) is 0 Å². The van der Waals surface area contributed by atoms with Crippen LogP contribution in [0.15, 0.2) is 75.0 Å². The van der Waals surface area contributed by atoms with Gasteiger partial charge < -0.3 is 4.42 Å². The molecule has 1 amide bonds. The van der Waals surface area contributed by atoms with Crippen LogP contribution >= 0.6 is 11.3 Å². The Labute approximate surface area is 184 Å². The number of rotatable bonds is 5. The van der Waals surface area contributed by atoms with Crippen LogP contribution in [0.1, 0.15) is 15.9 Å². The molecule has 0 unspecified atom stereocenters. The summed E-state index contributed by atoms with van der Waals surface area (Å²) in [4.78, 5) is 38.3. The second kappa shape index (κ2) is 7.98. The number of sulfonamides is 1. The van der Waals surface area contributed by atoms with Crippen LogP contribution in [0.4, 0.5) is 11.4 Å². The first kappa shape index (κ1) is 21.3. The van der Waals surface area contributed by atoms with Crippen LogP contribution in [0.2, 0.25) is 0 Å². The largest absolute Gasteiger partial charge is 0.414 e. The number of hydrogen-bond acceptors (Lipinski definition) is 9. The van der Waals surface area contributed by atoms with Crippen molar-refractivity contribution in [2.75, 3.05) is 4.31 Å². The lowest BCUT2D eigenvalue weighted by Crippen LogP contribution is -2.37. The number of benzene rings is 2. The highest BCUT2D eigenvalue weighted by Gasteiger charge is 2.33. The van der Waals surface area contributed by atoms with Gasteiger partial charge >= 0.3 is 4.94 Å². The van der Waals surface area contributed by atoms with E-state index in [9.17, 15) is 28.1 Å². The van der Waals surface area contributed by atoms with E-state index in [2.05, 4.69) is 4.98 Å². The summed E-state index contributed by atoms with van der Waals surface area (Å²) >= 11 is 0.749. The first-order valence-corrected chi connectivity index (χ1v) is 11.2. The summed E-state index contributed by atoms with van der Waals surface area (Å²) in [6.07, 6.45) is 2.63. The van der Waals surface area contributed by atoms with Gasteiger partial charge in [-0.1, -0.05) is 17.4 Å². The van der Waals surface area contributed by atoms with Gasteiger partial charge in [-0.25, -0.2) is 13.2 Å². The van der Waals surface area contributed by atoms with Crippen LogP contribution in [-0.4, -0.2) is 24.2 Å². The van der Waals surface area contributed by atoms with Crippen LogP contribution in [0.25, 0.3) is 10.3 Å². The van der Waals surface area contributed by atoms with Gasteiger partial charge in [0.25, 0.3) is 21.6 Å². The maximum absolute atomic E-state index is 13.6. The van der Waals surface area contributed by atoms with Crippen molar-refractivity contribution in [1.82, 2.24) is 4.98 Å². The zero-order valence-corrected chi connectivity index (χ0v) is 17.9. The summed E-state index contributed by atoms with van der Waals surface area (Å²) in [7, 11) is -4.59. The second-order valence-corrected chi connectivity index (χ2v) is 9.37. The van der Waals surface area contributed by atoms with Gasteiger partial charge in [-0.15, -0.1) is 0 Å². The zero-order valence-electron chi connectivity index (χ0n) is 16.3. The maximum Gasteiger partial charge on any atom is 0.396 e. The van der Waals surface area contributed by atoms with E-state index >= 15 is 0 Å². The lowest BCUT2D eigenvalue weighted by Gasteiger charge is -2.22. The molecule has 12 heteroatoms. The minimum absolute atomic E-state index is 0.0156. The quantitative estimate of drug-likeness (QED) is 0.318. The van der Waals surface area contributed by atoms with Crippen molar-refractivity contribution in [2.24, 2.45) is 0 Å². The number of anilines is 1. The molecule has 0 saturated heterocycles. The van der Waals surface area contributed by atoms with Gasteiger partial charge in [-0.05, 0) is 43.3 Å². The van der Waals surface area contributed by atoms with E-state index in [1.54, 1.807) is 0 Å². The number of hydrogen-bond donors (Lipinski definition) is 0. The van der Waals surface area contributed by atoms with E-state index in [1.165, 1.54) is 61.8 Å². The minimum Gasteiger partial charge on any atom is -0.414 e. The molecule has 162 valence electrons. The first-order chi connectivity index (χ1) is 15.2. The fourth-order valence-corrected chi connectivity index (χ4v) is 5.14. The number of aryl methyl sites for hydroxylation is 1. The molecule has 0 N–H and O–H groups in total. The summed E-state index contributed by atoms with van der Waals surface area (Å²) in [6, 6.07) is 10.3. The Morgan fingerprint density at radius 1 is 1.19 bits per heavy atom. The molecule has 0 fully saturated rings. The summed E-state index contributed by atoms with van der Waals surface area (Å²) in [6.45, 7) is 1.47. The van der Waals surface area contributed by atoms with Crippen molar-refractivity contribution in [3.63, 3.8) is 0 Å². The molecule has 2 heterocycles. The van der Waals surface area contributed by atoms with E-state index in [0.717, 1.165) is 17.4 Å². The van der Waals surface area contributed by atoms with Gasteiger partial charge in [-0.2, -0.15) is 4.31 Å². The predicted molar refractivity (Wildman–Crippen MR) is 116 cm³/mol. The summed E-state index contributed by atoms with van der Waals surface area (Å²) in [5.41, 5.74) is 0.0257. The Morgan fingerprint density at radius 2 is 1.97 bits per heavy atom. The van der Waals surface area contributed by atoms with Crippen molar-refractivity contribution >= 4 is 48.9 Å². The zero-order chi connectivity index (χ0) is 23.0. The van der Waals surface area contributed by atoms with Gasteiger partial charge in [-0.3, -0.25) is 19.9 Å². The van der Waals surface area contributed by atoms with E-state index in [-0.39, 0.29) is 22.4 Å². The topological polar surface area (TPSA) is 141 Å². The highest BCUT2D eigenvalue weighted by Crippen LogP contribution is 2.31. The van der Waals surface area contributed by atoms with Crippen molar-refractivity contribution in [3.8, 4) is 0 Å². The van der Waals surface area contributed by atoms with Gasteiger partial charge in [0.15, 0.2) is 0 Å². The van der Waals surface area contributed by atoms with Crippen molar-refractivity contribution < 1.29 is 22.6 Å². The van der Waals surface area contributed by atoms with E-state index in [0.29, 0.717) is 9.01 Å². The molecule has 0 aliphatic heterocycles. The Morgan fingerprint density at radius 3 is 2.66 bits per heavy atom. The lowest BCUT2D eigenvalue weighted by atomic mass is 10.2. The first-order valence-electron chi connectivity index (χ1n) is 8.97. The number of fused-ring (bicyclic) bond motifs is 1. The number of nitro benzene ring substituents is 1. The average Bonchev–Trinajstić information content (AvgIpc) is 3.13. The van der Waals surface area contributed by atoms with Gasteiger partial charge in [0.2, 0.25) is 0 Å². The van der Waals surface area contributed by atoms with Crippen LogP contribution in [0, 0.1) is 17.0 Å². The molecule has 0 bridgehead atoms. The minimum atomic E-state index is -4.59. The number of carbonyl (C=O) groups is 1. The molecule has 0 radical (unpaired) electrons. The highest BCUT2D eigenvalue weighted by molar-refractivity contribution is 7.93. The van der Waals surface area contributed by atoms with Crippen molar-refractivity contribution in [2.45, 2.75) is 11.8 Å². The number of nitro groups is 1. The fourth-order valence-electron chi connectivity index (χ4n) is 3.01. The Hall–Kier alpha value is -3.90. The Kier molecular flexibility index (Phi) is 5.32. The van der Waals surface area contributed by atoms with E-state index in [4.69, 9.17) is 4.42 Å². The second-order valence-electron chi connectivity index (χ2n) is 6.61. The lowest BCUT2D eigenvalue weighted by molar-refractivity contribution is -0.385. The number of aromatic nitrogens is 1. The fraction of sp³-hybridized carbons (Fsp3) is 0.0500. The molecule has 0 spiro atoms. The van der Waals surface area contributed by atoms with Gasteiger partial charge in [0, 0.05) is 24.0 Å². The third-order valence-electron chi connectivity index (χ3n) is 4.56. The van der Waals surface area contributed by atoms with E-state index in [1.807, 2.05) is 0 Å². The Balaban J connectivity index is 1.94. The van der Waals surface area contributed by atoms with Gasteiger partial charge in [0.1, 0.15) is 5.58 Å². The molecule has 10 nitrogen and oxygen atoms in total.